The number of fused-ring (bicyclic) bond motifs is 1. The predicted octanol–water partition coefficient (Wildman–Crippen LogP) is 3.68. The highest BCUT2D eigenvalue weighted by molar-refractivity contribution is 6.31. The molecule has 1 amide bonds. The van der Waals surface area contributed by atoms with E-state index in [1.165, 1.54) is 6.07 Å². The molecular weight excluding hydrogens is 344 g/mol. The maximum atomic E-state index is 12.2. The summed E-state index contributed by atoms with van der Waals surface area (Å²) in [5, 5.41) is 3.27. The Bertz CT molecular complexity index is 1020. The molecule has 128 valence electrons. The average Bonchev–Trinajstić information content (AvgIpc) is 2.95. The number of amides is 1. The van der Waals surface area contributed by atoms with Gasteiger partial charge in [-0.1, -0.05) is 17.7 Å². The third-order valence-electron chi connectivity index (χ3n) is 3.78. The average molecular weight is 359 g/mol. The molecule has 0 saturated heterocycles. The smallest absolute Gasteiger partial charge is 0.408 e. The largest absolute Gasteiger partial charge is 0.417 e. The summed E-state index contributed by atoms with van der Waals surface area (Å²) in [6, 6.07) is 9.91. The molecule has 25 heavy (non-hydrogen) atoms. The van der Waals surface area contributed by atoms with Gasteiger partial charge in [-0.2, -0.15) is 0 Å². The molecule has 0 atom stereocenters. The summed E-state index contributed by atoms with van der Waals surface area (Å²) < 4.78 is 4.93. The molecule has 2 N–H and O–H groups in total. The summed E-state index contributed by atoms with van der Waals surface area (Å²) in [4.78, 5) is 37.8. The molecule has 0 saturated carbocycles. The zero-order chi connectivity index (χ0) is 18.0. The fourth-order valence-corrected chi connectivity index (χ4v) is 2.56. The van der Waals surface area contributed by atoms with E-state index in [2.05, 4.69) is 10.3 Å². The monoisotopic (exact) mass is 358 g/mol. The Hall–Kier alpha value is -2.86. The third kappa shape index (κ3) is 3.97. The van der Waals surface area contributed by atoms with E-state index in [0.29, 0.717) is 27.4 Å². The highest BCUT2D eigenvalue weighted by Crippen LogP contribution is 2.20. The van der Waals surface area contributed by atoms with Gasteiger partial charge in [0.25, 0.3) is 0 Å². The van der Waals surface area contributed by atoms with Crippen LogP contribution < -0.4 is 11.1 Å². The number of ketones is 1. The summed E-state index contributed by atoms with van der Waals surface area (Å²) >= 11 is 6.02. The molecule has 0 aliphatic heterocycles. The van der Waals surface area contributed by atoms with Crippen LogP contribution in [0.1, 0.15) is 28.8 Å². The van der Waals surface area contributed by atoms with Crippen LogP contribution in [0.4, 0.5) is 5.69 Å². The summed E-state index contributed by atoms with van der Waals surface area (Å²) in [7, 11) is 0. The van der Waals surface area contributed by atoms with Crippen molar-refractivity contribution in [3.05, 3.63) is 63.1 Å². The molecule has 0 radical (unpaired) electrons. The Morgan fingerprint density at radius 2 is 1.96 bits per heavy atom. The number of hydrogen-bond acceptors (Lipinski definition) is 4. The first-order valence-electron chi connectivity index (χ1n) is 7.64. The molecule has 2 aromatic carbocycles. The Kier molecular flexibility index (Phi) is 4.72. The number of aryl methyl sites for hydroxylation is 1. The number of oxazole rings is 1. The van der Waals surface area contributed by atoms with Gasteiger partial charge >= 0.3 is 5.76 Å². The van der Waals surface area contributed by atoms with Crippen molar-refractivity contribution in [2.75, 3.05) is 5.32 Å². The van der Waals surface area contributed by atoms with E-state index in [4.69, 9.17) is 16.0 Å². The number of H-pyrrole nitrogens is 1. The lowest BCUT2D eigenvalue weighted by Gasteiger charge is -2.07. The van der Waals surface area contributed by atoms with Crippen molar-refractivity contribution in [3.8, 4) is 0 Å². The van der Waals surface area contributed by atoms with Crippen molar-refractivity contribution in [1.29, 1.82) is 0 Å². The van der Waals surface area contributed by atoms with Gasteiger partial charge in [0.15, 0.2) is 11.4 Å². The van der Waals surface area contributed by atoms with E-state index >= 15 is 0 Å². The fraction of sp³-hybridized carbons (Fsp3) is 0.167. The van der Waals surface area contributed by atoms with Gasteiger partial charge in [0.05, 0.1) is 5.52 Å². The van der Waals surface area contributed by atoms with Crippen LogP contribution in [0.5, 0.6) is 0 Å². The van der Waals surface area contributed by atoms with Crippen LogP contribution in [-0.4, -0.2) is 16.7 Å². The maximum Gasteiger partial charge on any atom is 0.417 e. The number of anilines is 1. The first-order valence-corrected chi connectivity index (χ1v) is 8.02. The Balaban J connectivity index is 1.61. The number of carbonyl (C=O) groups is 2. The molecule has 3 aromatic rings. The Morgan fingerprint density at radius 1 is 1.16 bits per heavy atom. The first-order chi connectivity index (χ1) is 11.9. The van der Waals surface area contributed by atoms with Gasteiger partial charge in [-0.3, -0.25) is 14.6 Å². The van der Waals surface area contributed by atoms with Gasteiger partial charge in [-0.25, -0.2) is 4.79 Å². The summed E-state index contributed by atoms with van der Waals surface area (Å²) in [6.45, 7) is 1.87. The lowest BCUT2D eigenvalue weighted by molar-refractivity contribution is -0.116. The van der Waals surface area contributed by atoms with E-state index in [9.17, 15) is 14.4 Å². The lowest BCUT2D eigenvalue weighted by Crippen LogP contribution is -2.13. The van der Waals surface area contributed by atoms with Crippen molar-refractivity contribution in [3.63, 3.8) is 0 Å². The van der Waals surface area contributed by atoms with E-state index < -0.39 is 5.76 Å². The van der Waals surface area contributed by atoms with Crippen LogP contribution in [0.3, 0.4) is 0 Å². The predicted molar refractivity (Wildman–Crippen MR) is 95.2 cm³/mol. The summed E-state index contributed by atoms with van der Waals surface area (Å²) in [5.74, 6) is -1.05. The van der Waals surface area contributed by atoms with E-state index in [1.807, 2.05) is 13.0 Å². The standard InChI is InChI=1S/C18H15ClN2O4/c1-10-2-4-12(9-13(10)19)20-17(23)7-6-15(22)11-3-5-14-16(8-11)25-18(24)21-14/h2-5,8-9H,6-7H2,1H3,(H,20,23)(H,21,24). The fourth-order valence-electron chi connectivity index (χ4n) is 2.38. The number of Topliss-reactive ketones (excluding diaryl/α,β-unsaturated/α-hetero) is 1. The van der Waals surface area contributed by atoms with E-state index in [1.54, 1.807) is 24.3 Å². The number of benzene rings is 2. The topological polar surface area (TPSA) is 92.2 Å². The number of nitrogens with one attached hydrogen (secondary N) is 2. The normalized spacial score (nSPS) is 10.8. The Morgan fingerprint density at radius 3 is 2.72 bits per heavy atom. The van der Waals surface area contributed by atoms with Gasteiger partial charge in [0.2, 0.25) is 5.91 Å². The van der Waals surface area contributed by atoms with Crippen LogP contribution in [0.2, 0.25) is 5.02 Å². The van der Waals surface area contributed by atoms with Gasteiger partial charge in [0.1, 0.15) is 0 Å². The minimum Gasteiger partial charge on any atom is -0.408 e. The van der Waals surface area contributed by atoms with Gasteiger partial charge in [-0.15, -0.1) is 0 Å². The minimum atomic E-state index is -0.573. The number of carbonyl (C=O) groups excluding carboxylic acids is 2. The van der Waals surface area contributed by atoms with Crippen LogP contribution in [0, 0.1) is 6.92 Å². The second-order valence-corrected chi connectivity index (χ2v) is 6.07. The van der Waals surface area contributed by atoms with Crippen LogP contribution in [0.15, 0.2) is 45.6 Å². The molecule has 0 aliphatic carbocycles. The lowest BCUT2D eigenvalue weighted by atomic mass is 10.1. The molecule has 0 bridgehead atoms. The second-order valence-electron chi connectivity index (χ2n) is 5.66. The maximum absolute atomic E-state index is 12.2. The SMILES string of the molecule is Cc1ccc(NC(=O)CCC(=O)c2ccc3[nH]c(=O)oc3c2)cc1Cl. The van der Waals surface area contributed by atoms with Crippen molar-refractivity contribution in [2.24, 2.45) is 0 Å². The molecule has 0 unspecified atom stereocenters. The second kappa shape index (κ2) is 6.94. The van der Waals surface area contributed by atoms with E-state index in [0.717, 1.165) is 5.56 Å². The first kappa shape index (κ1) is 17.0. The van der Waals surface area contributed by atoms with Gasteiger partial charge < -0.3 is 9.73 Å². The molecule has 1 heterocycles. The minimum absolute atomic E-state index is 0.0411. The highest BCUT2D eigenvalue weighted by atomic mass is 35.5. The van der Waals surface area contributed by atoms with Crippen molar-refractivity contribution >= 4 is 40.1 Å². The number of rotatable bonds is 5. The molecule has 7 heteroatoms. The number of hydrogen-bond donors (Lipinski definition) is 2. The highest BCUT2D eigenvalue weighted by Gasteiger charge is 2.12. The number of aromatic amines is 1. The molecule has 3 rings (SSSR count). The van der Waals surface area contributed by atoms with Gasteiger partial charge in [-0.05, 0) is 42.8 Å². The van der Waals surface area contributed by atoms with Gasteiger partial charge in [0, 0.05) is 29.1 Å². The van der Waals surface area contributed by atoms with Crippen LogP contribution >= 0.6 is 11.6 Å². The summed E-state index contributed by atoms with van der Waals surface area (Å²) in [5.41, 5.74) is 2.73. The molecule has 0 aliphatic rings. The summed E-state index contributed by atoms with van der Waals surface area (Å²) in [6.07, 6.45) is 0.0883. The quantitative estimate of drug-likeness (QED) is 0.680. The molecule has 0 fully saturated rings. The van der Waals surface area contributed by atoms with Crippen LogP contribution in [-0.2, 0) is 4.79 Å². The zero-order valence-electron chi connectivity index (χ0n) is 13.4. The van der Waals surface area contributed by atoms with Crippen molar-refractivity contribution < 1.29 is 14.0 Å². The molecule has 1 aromatic heterocycles. The number of aromatic nitrogens is 1. The number of halogens is 1. The Labute approximate surface area is 147 Å². The zero-order valence-corrected chi connectivity index (χ0v) is 14.1. The van der Waals surface area contributed by atoms with Crippen LogP contribution in [0.25, 0.3) is 11.1 Å². The van der Waals surface area contributed by atoms with Crippen molar-refractivity contribution in [2.45, 2.75) is 19.8 Å². The van der Waals surface area contributed by atoms with Crippen molar-refractivity contribution in [1.82, 2.24) is 4.98 Å². The third-order valence-corrected chi connectivity index (χ3v) is 4.18. The molecule has 0 spiro atoms. The molecule has 6 nitrogen and oxygen atoms in total. The molecular formula is C18H15ClN2O4. The van der Waals surface area contributed by atoms with E-state index in [-0.39, 0.29) is 24.5 Å².